The molecular weight excluding hydrogens is 394 g/mol. The second-order valence-corrected chi connectivity index (χ2v) is 6.38. The molecule has 1 heterocycles. The number of hydrogen-bond donors (Lipinski definition) is 1. The molecule has 3 aromatic rings. The van der Waals surface area contributed by atoms with Crippen molar-refractivity contribution in [2.24, 2.45) is 7.05 Å². The second kappa shape index (κ2) is 7.43. The summed E-state index contributed by atoms with van der Waals surface area (Å²) in [5.74, 6) is -1.47. The Morgan fingerprint density at radius 1 is 1.21 bits per heavy atom. The van der Waals surface area contributed by atoms with E-state index in [0.29, 0.717) is 5.69 Å². The number of ether oxygens (including phenoxy) is 1. The average molecular weight is 409 g/mol. The van der Waals surface area contributed by atoms with E-state index >= 15 is 0 Å². The zero-order valence-corrected chi connectivity index (χ0v) is 15.8. The monoisotopic (exact) mass is 408 g/mol. The van der Waals surface area contributed by atoms with Gasteiger partial charge >= 0.3 is 0 Å². The summed E-state index contributed by atoms with van der Waals surface area (Å²) in [6.45, 7) is 1.58. The van der Waals surface area contributed by atoms with Crippen molar-refractivity contribution in [1.82, 2.24) is 9.78 Å². The molecule has 2 aromatic carbocycles. The van der Waals surface area contributed by atoms with Crippen LogP contribution >= 0.6 is 11.6 Å². The molecule has 0 spiro atoms. The lowest BCUT2D eigenvalue weighted by atomic mass is 10.0. The SMILES string of the molecule is COc1cc(F)c(-c2c(C)nn(C)c2Nc2ccc(Cl)cc2[N+](=O)[O-])c(F)c1. The number of nitro benzene ring substituents is 1. The number of nitro groups is 1. The van der Waals surface area contributed by atoms with Crippen molar-refractivity contribution >= 4 is 28.8 Å². The van der Waals surface area contributed by atoms with Crippen LogP contribution in [-0.2, 0) is 7.05 Å². The number of aromatic nitrogens is 2. The van der Waals surface area contributed by atoms with Crippen LogP contribution in [0.25, 0.3) is 11.1 Å². The van der Waals surface area contributed by atoms with Crippen LogP contribution in [0.5, 0.6) is 5.75 Å². The summed E-state index contributed by atoms with van der Waals surface area (Å²) in [6.07, 6.45) is 0. The smallest absolute Gasteiger partial charge is 0.294 e. The quantitative estimate of drug-likeness (QED) is 0.475. The highest BCUT2D eigenvalue weighted by molar-refractivity contribution is 6.30. The Morgan fingerprint density at radius 3 is 2.43 bits per heavy atom. The van der Waals surface area contributed by atoms with Crippen LogP contribution in [0.1, 0.15) is 5.69 Å². The van der Waals surface area contributed by atoms with Gasteiger partial charge in [0.15, 0.2) is 0 Å². The number of halogens is 3. The average Bonchev–Trinajstić information content (AvgIpc) is 2.89. The predicted molar refractivity (Wildman–Crippen MR) is 101 cm³/mol. The van der Waals surface area contributed by atoms with E-state index in [1.54, 1.807) is 14.0 Å². The largest absolute Gasteiger partial charge is 0.497 e. The zero-order valence-electron chi connectivity index (χ0n) is 15.1. The summed E-state index contributed by atoms with van der Waals surface area (Å²) >= 11 is 5.84. The van der Waals surface area contributed by atoms with Gasteiger partial charge in [-0.2, -0.15) is 5.10 Å². The molecule has 0 saturated carbocycles. The van der Waals surface area contributed by atoms with Gasteiger partial charge in [0.05, 0.1) is 28.9 Å². The minimum atomic E-state index is -0.846. The molecule has 28 heavy (non-hydrogen) atoms. The van der Waals surface area contributed by atoms with Crippen molar-refractivity contribution in [3.63, 3.8) is 0 Å². The maximum atomic E-state index is 14.6. The van der Waals surface area contributed by atoms with Crippen molar-refractivity contribution in [3.05, 3.63) is 62.8 Å². The van der Waals surface area contributed by atoms with Gasteiger partial charge in [0, 0.05) is 30.3 Å². The highest BCUT2D eigenvalue weighted by Crippen LogP contribution is 2.39. The summed E-state index contributed by atoms with van der Waals surface area (Å²) < 4.78 is 35.5. The molecule has 7 nitrogen and oxygen atoms in total. The molecule has 0 aliphatic heterocycles. The van der Waals surface area contributed by atoms with Crippen molar-refractivity contribution < 1.29 is 18.4 Å². The summed E-state index contributed by atoms with van der Waals surface area (Å²) in [4.78, 5) is 10.7. The Labute approximate surface area is 163 Å². The van der Waals surface area contributed by atoms with E-state index in [1.807, 2.05) is 0 Å². The minimum Gasteiger partial charge on any atom is -0.497 e. The van der Waals surface area contributed by atoms with Crippen LogP contribution in [-0.4, -0.2) is 21.8 Å². The molecule has 0 aliphatic rings. The predicted octanol–water partition coefficient (Wildman–Crippen LogP) is 4.99. The number of methoxy groups -OCH3 is 1. The molecule has 0 fully saturated rings. The molecule has 0 aliphatic carbocycles. The lowest BCUT2D eigenvalue weighted by molar-refractivity contribution is -0.383. The number of benzene rings is 2. The van der Waals surface area contributed by atoms with E-state index in [9.17, 15) is 18.9 Å². The fourth-order valence-electron chi connectivity index (χ4n) is 2.90. The summed E-state index contributed by atoms with van der Waals surface area (Å²) in [7, 11) is 2.86. The van der Waals surface area contributed by atoms with Gasteiger partial charge in [-0.1, -0.05) is 11.6 Å². The molecule has 10 heteroatoms. The van der Waals surface area contributed by atoms with Gasteiger partial charge in [-0.3, -0.25) is 14.8 Å². The first-order valence-electron chi connectivity index (χ1n) is 8.01. The second-order valence-electron chi connectivity index (χ2n) is 5.94. The first-order chi connectivity index (χ1) is 13.2. The fourth-order valence-corrected chi connectivity index (χ4v) is 3.06. The van der Waals surface area contributed by atoms with E-state index in [2.05, 4.69) is 10.4 Å². The number of hydrogen-bond acceptors (Lipinski definition) is 5. The third-order valence-electron chi connectivity index (χ3n) is 4.13. The standard InChI is InChI=1S/C18H15ClF2N4O3/c1-9-16(17-12(20)7-11(28-3)8-13(17)21)18(24(2)23-9)22-14-5-4-10(19)6-15(14)25(26)27/h4-8,22H,1-3H3. The molecule has 0 bridgehead atoms. The number of anilines is 2. The molecular formula is C18H15ClF2N4O3. The van der Waals surface area contributed by atoms with E-state index in [1.165, 1.54) is 30.0 Å². The molecule has 1 N–H and O–H groups in total. The van der Waals surface area contributed by atoms with Gasteiger partial charge in [-0.25, -0.2) is 8.78 Å². The summed E-state index contributed by atoms with van der Waals surface area (Å²) in [5, 5.41) is 18.6. The molecule has 0 atom stereocenters. The van der Waals surface area contributed by atoms with Crippen LogP contribution in [0.3, 0.4) is 0 Å². The van der Waals surface area contributed by atoms with E-state index in [0.717, 1.165) is 12.1 Å². The van der Waals surface area contributed by atoms with Crippen molar-refractivity contribution in [1.29, 1.82) is 0 Å². The third kappa shape index (κ3) is 3.48. The number of rotatable bonds is 5. The summed E-state index contributed by atoms with van der Waals surface area (Å²) in [5.41, 5.74) is -0.0135. The third-order valence-corrected chi connectivity index (χ3v) is 4.37. The fraction of sp³-hybridized carbons (Fsp3) is 0.167. The van der Waals surface area contributed by atoms with E-state index < -0.39 is 16.6 Å². The van der Waals surface area contributed by atoms with Crippen LogP contribution in [0.2, 0.25) is 5.02 Å². The van der Waals surface area contributed by atoms with Gasteiger partial charge in [0.25, 0.3) is 5.69 Å². The van der Waals surface area contributed by atoms with Gasteiger partial charge in [0.2, 0.25) is 0 Å². The number of nitrogens with one attached hydrogen (secondary N) is 1. The van der Waals surface area contributed by atoms with Crippen molar-refractivity contribution in [2.75, 3.05) is 12.4 Å². The maximum absolute atomic E-state index is 14.6. The Hall–Kier alpha value is -3.20. The molecule has 0 radical (unpaired) electrons. The highest BCUT2D eigenvalue weighted by Gasteiger charge is 2.25. The Kier molecular flexibility index (Phi) is 5.19. The van der Waals surface area contributed by atoms with Gasteiger partial charge in [-0.15, -0.1) is 0 Å². The van der Waals surface area contributed by atoms with Crippen molar-refractivity contribution in [3.8, 4) is 16.9 Å². The first kappa shape index (κ1) is 19.6. The van der Waals surface area contributed by atoms with Gasteiger partial charge in [0.1, 0.15) is 28.9 Å². The van der Waals surface area contributed by atoms with Crippen molar-refractivity contribution in [2.45, 2.75) is 6.92 Å². The lowest BCUT2D eigenvalue weighted by Gasteiger charge is -2.12. The number of aryl methyl sites for hydroxylation is 2. The number of nitrogens with zero attached hydrogens (tertiary/aromatic N) is 3. The Bertz CT molecular complexity index is 1060. The van der Waals surface area contributed by atoms with Crippen LogP contribution < -0.4 is 10.1 Å². The van der Waals surface area contributed by atoms with Crippen LogP contribution in [0, 0.1) is 28.7 Å². The molecule has 3 rings (SSSR count). The molecule has 0 saturated heterocycles. The molecule has 0 amide bonds. The Morgan fingerprint density at radius 2 is 1.86 bits per heavy atom. The van der Waals surface area contributed by atoms with Gasteiger partial charge in [-0.05, 0) is 19.1 Å². The molecule has 146 valence electrons. The highest BCUT2D eigenvalue weighted by atomic mass is 35.5. The van der Waals surface area contributed by atoms with E-state index in [4.69, 9.17) is 16.3 Å². The van der Waals surface area contributed by atoms with E-state index in [-0.39, 0.29) is 39.1 Å². The maximum Gasteiger partial charge on any atom is 0.294 e. The topological polar surface area (TPSA) is 82.2 Å². The molecule has 0 unspecified atom stereocenters. The zero-order chi connectivity index (χ0) is 20.6. The first-order valence-corrected chi connectivity index (χ1v) is 8.38. The van der Waals surface area contributed by atoms with Crippen LogP contribution in [0.4, 0.5) is 26.0 Å². The minimum absolute atomic E-state index is 0.0307. The van der Waals surface area contributed by atoms with Gasteiger partial charge < -0.3 is 10.1 Å². The lowest BCUT2D eigenvalue weighted by Crippen LogP contribution is -2.04. The Balaban J connectivity index is 2.18. The van der Waals surface area contributed by atoms with Crippen LogP contribution in [0.15, 0.2) is 30.3 Å². The molecule has 1 aromatic heterocycles. The summed E-state index contributed by atoms with van der Waals surface area (Å²) in [6, 6.07) is 6.17. The normalized spacial score (nSPS) is 10.8.